The smallest absolute Gasteiger partial charge is 0.323 e. The molecule has 1 N–H and O–H groups in total. The molecule has 1 rings (SSSR count). The van der Waals surface area contributed by atoms with Crippen LogP contribution < -0.4 is 4.72 Å². The first-order valence-electron chi connectivity index (χ1n) is 5.68. The van der Waals surface area contributed by atoms with E-state index >= 15 is 0 Å². The Morgan fingerprint density at radius 2 is 2.00 bits per heavy atom. The average molecular weight is 350 g/mol. The van der Waals surface area contributed by atoms with Gasteiger partial charge in [-0.25, -0.2) is 8.42 Å². The van der Waals surface area contributed by atoms with Crippen LogP contribution in [0, 0.1) is 13.8 Å². The lowest BCUT2D eigenvalue weighted by Crippen LogP contribution is -2.25. The number of nitrogens with one attached hydrogen (secondary N) is 1. The second-order valence-electron chi connectivity index (χ2n) is 4.10. The van der Waals surface area contributed by atoms with Gasteiger partial charge in [-0.15, -0.1) is 0 Å². The molecule has 0 spiro atoms. The molecule has 106 valence electrons. The van der Waals surface area contributed by atoms with Gasteiger partial charge in [0.1, 0.15) is 0 Å². The van der Waals surface area contributed by atoms with E-state index < -0.39 is 21.7 Å². The largest absolute Gasteiger partial charge is 0.465 e. The number of sulfonamides is 1. The number of carbonyl (C=O) groups is 1. The Balaban J connectivity index is 2.93. The van der Waals surface area contributed by atoms with Crippen LogP contribution in [0.1, 0.15) is 18.1 Å². The molecule has 0 amide bonds. The van der Waals surface area contributed by atoms with Crippen LogP contribution in [-0.4, -0.2) is 26.7 Å². The summed E-state index contributed by atoms with van der Waals surface area (Å²) < 4.78 is 31.3. The van der Waals surface area contributed by atoms with Crippen molar-refractivity contribution in [2.45, 2.75) is 20.8 Å². The summed E-state index contributed by atoms with van der Waals surface area (Å²) in [6.45, 7) is 5.48. The monoisotopic (exact) mass is 349 g/mol. The Morgan fingerprint density at radius 3 is 2.53 bits per heavy atom. The van der Waals surface area contributed by atoms with Gasteiger partial charge >= 0.3 is 5.97 Å². The van der Waals surface area contributed by atoms with Crippen molar-refractivity contribution in [2.75, 3.05) is 17.1 Å². The first-order chi connectivity index (χ1) is 8.75. The molecule has 7 heteroatoms. The minimum absolute atomic E-state index is 0.154. The van der Waals surface area contributed by atoms with Gasteiger partial charge in [-0.2, -0.15) is 0 Å². The number of benzene rings is 1. The van der Waals surface area contributed by atoms with E-state index in [1.165, 1.54) is 0 Å². The molecule has 0 saturated carbocycles. The molecule has 0 heterocycles. The van der Waals surface area contributed by atoms with Gasteiger partial charge in [-0.3, -0.25) is 9.52 Å². The van der Waals surface area contributed by atoms with Gasteiger partial charge in [0.05, 0.1) is 12.3 Å². The number of hydrogen-bond acceptors (Lipinski definition) is 4. The van der Waals surface area contributed by atoms with Gasteiger partial charge < -0.3 is 4.74 Å². The third kappa shape index (κ3) is 4.83. The summed E-state index contributed by atoms with van der Waals surface area (Å²) in [5.74, 6) is -1.46. The quantitative estimate of drug-likeness (QED) is 0.828. The Kier molecular flexibility index (Phi) is 5.37. The predicted molar refractivity (Wildman–Crippen MR) is 77.7 cm³/mol. The van der Waals surface area contributed by atoms with Crippen molar-refractivity contribution < 1.29 is 17.9 Å². The van der Waals surface area contributed by atoms with Gasteiger partial charge in [0, 0.05) is 4.47 Å². The van der Waals surface area contributed by atoms with Crippen LogP contribution in [0.15, 0.2) is 16.6 Å². The highest BCUT2D eigenvalue weighted by Crippen LogP contribution is 2.28. The SMILES string of the molecule is CCOC(=O)CS(=O)(=O)Nc1c(C)cc(C)cc1Br. The van der Waals surface area contributed by atoms with E-state index in [2.05, 4.69) is 25.4 Å². The lowest BCUT2D eigenvalue weighted by molar-refractivity contribution is -0.139. The van der Waals surface area contributed by atoms with E-state index in [9.17, 15) is 13.2 Å². The van der Waals surface area contributed by atoms with Gasteiger partial charge in [0.2, 0.25) is 10.0 Å². The van der Waals surface area contributed by atoms with Gasteiger partial charge in [-0.05, 0) is 53.9 Å². The lowest BCUT2D eigenvalue weighted by atomic mass is 10.1. The normalized spacial score (nSPS) is 11.2. The number of rotatable bonds is 5. The molecule has 0 unspecified atom stereocenters. The molecule has 5 nitrogen and oxygen atoms in total. The Bertz CT molecular complexity index is 560. The predicted octanol–water partition coefficient (Wildman–Crippen LogP) is 2.37. The molecule has 0 fully saturated rings. The van der Waals surface area contributed by atoms with Crippen LogP contribution in [0.4, 0.5) is 5.69 Å². The first kappa shape index (κ1) is 16.0. The molecule has 1 aromatic rings. The third-order valence-corrected chi connectivity index (χ3v) is 4.06. The number of esters is 1. The maximum absolute atomic E-state index is 11.8. The fraction of sp³-hybridized carbons (Fsp3) is 0.417. The van der Waals surface area contributed by atoms with Gasteiger partial charge in [-0.1, -0.05) is 6.07 Å². The van der Waals surface area contributed by atoms with Crippen LogP contribution in [0.5, 0.6) is 0 Å². The number of anilines is 1. The van der Waals surface area contributed by atoms with E-state index in [0.717, 1.165) is 11.1 Å². The summed E-state index contributed by atoms with van der Waals surface area (Å²) in [6.07, 6.45) is 0. The highest BCUT2D eigenvalue weighted by molar-refractivity contribution is 9.10. The summed E-state index contributed by atoms with van der Waals surface area (Å²) in [5, 5.41) is 0. The Labute approximate surface area is 121 Å². The molecule has 0 saturated heterocycles. The number of ether oxygens (including phenoxy) is 1. The molecular formula is C12H16BrNO4S. The van der Waals surface area contributed by atoms with Crippen LogP contribution >= 0.6 is 15.9 Å². The fourth-order valence-corrected chi connectivity index (χ4v) is 3.55. The number of carbonyl (C=O) groups excluding carboxylic acids is 1. The highest BCUT2D eigenvalue weighted by atomic mass is 79.9. The van der Waals surface area contributed by atoms with Crippen molar-refractivity contribution in [1.82, 2.24) is 0 Å². The first-order valence-corrected chi connectivity index (χ1v) is 8.12. The fourth-order valence-electron chi connectivity index (χ4n) is 1.59. The van der Waals surface area contributed by atoms with Crippen molar-refractivity contribution in [1.29, 1.82) is 0 Å². The summed E-state index contributed by atoms with van der Waals surface area (Å²) in [7, 11) is -3.77. The van der Waals surface area contributed by atoms with E-state index in [-0.39, 0.29) is 6.61 Å². The Hall–Kier alpha value is -1.08. The van der Waals surface area contributed by atoms with Crippen molar-refractivity contribution in [3.05, 3.63) is 27.7 Å². The number of aryl methyl sites for hydroxylation is 2. The van der Waals surface area contributed by atoms with Crippen LogP contribution in [0.3, 0.4) is 0 Å². The molecule has 0 atom stereocenters. The molecule has 1 aromatic carbocycles. The maximum atomic E-state index is 11.8. The van der Waals surface area contributed by atoms with Crippen LogP contribution in [0.2, 0.25) is 0 Å². The molecular weight excluding hydrogens is 334 g/mol. The maximum Gasteiger partial charge on any atom is 0.323 e. The van der Waals surface area contributed by atoms with Gasteiger partial charge in [0.25, 0.3) is 0 Å². The molecule has 0 radical (unpaired) electrons. The lowest BCUT2D eigenvalue weighted by Gasteiger charge is -2.13. The molecule has 0 aliphatic heterocycles. The zero-order chi connectivity index (χ0) is 14.6. The molecule has 0 aliphatic rings. The topological polar surface area (TPSA) is 72.5 Å². The van der Waals surface area contributed by atoms with Crippen LogP contribution in [-0.2, 0) is 19.6 Å². The van der Waals surface area contributed by atoms with Crippen molar-refractivity contribution in [2.24, 2.45) is 0 Å². The molecule has 19 heavy (non-hydrogen) atoms. The van der Waals surface area contributed by atoms with Gasteiger partial charge in [0.15, 0.2) is 5.75 Å². The summed E-state index contributed by atoms with van der Waals surface area (Å²) in [5.41, 5.74) is 2.23. The van der Waals surface area contributed by atoms with Crippen molar-refractivity contribution in [3.8, 4) is 0 Å². The van der Waals surface area contributed by atoms with E-state index in [0.29, 0.717) is 10.2 Å². The van der Waals surface area contributed by atoms with Crippen LogP contribution in [0.25, 0.3) is 0 Å². The second kappa shape index (κ2) is 6.38. The zero-order valence-corrected chi connectivity index (χ0v) is 13.4. The third-order valence-electron chi connectivity index (χ3n) is 2.30. The highest BCUT2D eigenvalue weighted by Gasteiger charge is 2.19. The molecule has 0 aliphatic carbocycles. The summed E-state index contributed by atoms with van der Waals surface area (Å²) in [6, 6.07) is 3.65. The standard InChI is InChI=1S/C12H16BrNO4S/c1-4-18-11(15)7-19(16,17)14-12-9(3)5-8(2)6-10(12)13/h5-6,14H,4,7H2,1-3H3. The Morgan fingerprint density at radius 1 is 1.37 bits per heavy atom. The van der Waals surface area contributed by atoms with E-state index in [1.54, 1.807) is 19.9 Å². The summed E-state index contributed by atoms with van der Waals surface area (Å²) in [4.78, 5) is 11.2. The minimum atomic E-state index is -3.77. The number of halogens is 1. The van der Waals surface area contributed by atoms with E-state index in [1.807, 2.05) is 13.0 Å². The molecule has 0 aromatic heterocycles. The minimum Gasteiger partial charge on any atom is -0.465 e. The van der Waals surface area contributed by atoms with Crippen molar-refractivity contribution in [3.63, 3.8) is 0 Å². The summed E-state index contributed by atoms with van der Waals surface area (Å²) >= 11 is 3.30. The second-order valence-corrected chi connectivity index (χ2v) is 6.68. The van der Waals surface area contributed by atoms with E-state index in [4.69, 9.17) is 0 Å². The van der Waals surface area contributed by atoms with Crippen molar-refractivity contribution >= 4 is 37.6 Å². The number of hydrogen-bond donors (Lipinski definition) is 1. The zero-order valence-electron chi connectivity index (χ0n) is 11.0. The molecule has 0 bridgehead atoms. The average Bonchev–Trinajstić information content (AvgIpc) is 2.23.